The van der Waals surface area contributed by atoms with E-state index in [-0.39, 0.29) is 0 Å². The van der Waals surface area contributed by atoms with Gasteiger partial charge in [-0.25, -0.2) is 0 Å². The number of hydrogen-bond acceptors (Lipinski definition) is 3. The van der Waals surface area contributed by atoms with Gasteiger partial charge in [-0.05, 0) is 73.0 Å². The molecule has 0 unspecified atom stereocenters. The van der Waals surface area contributed by atoms with E-state index in [4.69, 9.17) is 4.74 Å². The van der Waals surface area contributed by atoms with Crippen LogP contribution < -0.4 is 5.32 Å². The second-order valence-corrected chi connectivity index (χ2v) is 8.51. The predicted molar refractivity (Wildman–Crippen MR) is 95.3 cm³/mol. The SMILES string of the molecule is COCCNCCC1(CCc2cc(Br)c(C)s2)CCCC1. The van der Waals surface area contributed by atoms with Crippen molar-refractivity contribution in [1.82, 2.24) is 5.32 Å². The Kier molecular flexibility index (Phi) is 7.20. The van der Waals surface area contributed by atoms with Gasteiger partial charge in [0.25, 0.3) is 0 Å². The first-order valence-corrected chi connectivity index (χ1v) is 9.71. The highest BCUT2D eigenvalue weighted by molar-refractivity contribution is 9.10. The quantitative estimate of drug-likeness (QED) is 0.619. The van der Waals surface area contributed by atoms with Gasteiger partial charge in [0.2, 0.25) is 0 Å². The highest BCUT2D eigenvalue weighted by Gasteiger charge is 2.32. The summed E-state index contributed by atoms with van der Waals surface area (Å²) >= 11 is 5.59. The van der Waals surface area contributed by atoms with Crippen molar-refractivity contribution >= 4 is 27.3 Å². The highest BCUT2D eigenvalue weighted by atomic mass is 79.9. The Morgan fingerprint density at radius 1 is 1.29 bits per heavy atom. The second kappa shape index (κ2) is 8.66. The van der Waals surface area contributed by atoms with Gasteiger partial charge in [-0.15, -0.1) is 11.3 Å². The molecular weight excluding hydrogens is 346 g/mol. The Morgan fingerprint density at radius 2 is 2.05 bits per heavy atom. The van der Waals surface area contributed by atoms with E-state index in [1.807, 2.05) is 11.3 Å². The van der Waals surface area contributed by atoms with Gasteiger partial charge >= 0.3 is 0 Å². The second-order valence-electron chi connectivity index (χ2n) is 6.32. The first-order valence-electron chi connectivity index (χ1n) is 8.10. The van der Waals surface area contributed by atoms with E-state index in [1.54, 1.807) is 7.11 Å². The third-order valence-corrected chi connectivity index (χ3v) is 6.99. The summed E-state index contributed by atoms with van der Waals surface area (Å²) in [6.45, 7) is 5.12. The lowest BCUT2D eigenvalue weighted by Gasteiger charge is -2.29. The number of ether oxygens (including phenoxy) is 1. The lowest BCUT2D eigenvalue weighted by molar-refractivity contribution is 0.194. The number of aryl methyl sites for hydroxylation is 2. The molecule has 1 heterocycles. The van der Waals surface area contributed by atoms with Crippen LogP contribution in [0.3, 0.4) is 0 Å². The van der Waals surface area contributed by atoms with E-state index in [1.165, 1.54) is 59.2 Å². The molecule has 2 rings (SSSR count). The molecule has 1 aromatic rings. The van der Waals surface area contributed by atoms with E-state index in [0.29, 0.717) is 5.41 Å². The molecule has 1 fully saturated rings. The van der Waals surface area contributed by atoms with Gasteiger partial charge in [-0.3, -0.25) is 0 Å². The summed E-state index contributed by atoms with van der Waals surface area (Å²) in [5.41, 5.74) is 0.588. The molecule has 0 atom stereocenters. The summed E-state index contributed by atoms with van der Waals surface area (Å²) in [6.07, 6.45) is 9.61. The lowest BCUT2D eigenvalue weighted by atomic mass is 9.78. The Morgan fingerprint density at radius 3 is 2.67 bits per heavy atom. The number of methoxy groups -OCH3 is 1. The third kappa shape index (κ3) is 5.34. The molecule has 1 N–H and O–H groups in total. The molecular formula is C17H28BrNOS. The first kappa shape index (κ1) is 17.5. The van der Waals surface area contributed by atoms with Gasteiger partial charge in [0, 0.05) is 27.9 Å². The number of thiophene rings is 1. The molecule has 2 nitrogen and oxygen atoms in total. The summed E-state index contributed by atoms with van der Waals surface area (Å²) in [7, 11) is 1.77. The molecule has 0 saturated heterocycles. The minimum Gasteiger partial charge on any atom is -0.383 e. The van der Waals surface area contributed by atoms with Crippen molar-refractivity contribution in [3.05, 3.63) is 20.3 Å². The van der Waals surface area contributed by atoms with E-state index in [0.717, 1.165) is 19.7 Å². The van der Waals surface area contributed by atoms with Gasteiger partial charge in [-0.2, -0.15) is 0 Å². The summed E-state index contributed by atoms with van der Waals surface area (Å²) in [5.74, 6) is 0. The van der Waals surface area contributed by atoms with E-state index in [2.05, 4.69) is 34.2 Å². The maximum Gasteiger partial charge on any atom is 0.0587 e. The zero-order valence-corrected chi connectivity index (χ0v) is 15.7. The van der Waals surface area contributed by atoms with Crippen LogP contribution in [0.1, 0.15) is 48.3 Å². The van der Waals surface area contributed by atoms with Crippen molar-refractivity contribution < 1.29 is 4.74 Å². The highest BCUT2D eigenvalue weighted by Crippen LogP contribution is 2.45. The largest absolute Gasteiger partial charge is 0.383 e. The fourth-order valence-corrected chi connectivity index (χ4v) is 5.03. The average molecular weight is 374 g/mol. The summed E-state index contributed by atoms with van der Waals surface area (Å²) in [6, 6.07) is 2.32. The van der Waals surface area contributed by atoms with Crippen LogP contribution in [0, 0.1) is 12.3 Å². The van der Waals surface area contributed by atoms with Crippen LogP contribution in [0.2, 0.25) is 0 Å². The molecule has 1 aliphatic rings. The predicted octanol–water partition coefficient (Wildman–Crippen LogP) is 4.94. The summed E-state index contributed by atoms with van der Waals surface area (Å²) in [4.78, 5) is 2.95. The van der Waals surface area contributed by atoms with Crippen molar-refractivity contribution in [3.63, 3.8) is 0 Å². The van der Waals surface area contributed by atoms with E-state index in [9.17, 15) is 0 Å². The van der Waals surface area contributed by atoms with Crippen molar-refractivity contribution in [3.8, 4) is 0 Å². The molecule has 0 amide bonds. The minimum atomic E-state index is 0.588. The number of hydrogen-bond donors (Lipinski definition) is 1. The molecule has 0 aliphatic heterocycles. The smallest absolute Gasteiger partial charge is 0.0587 e. The Hall–Kier alpha value is 0.1000. The van der Waals surface area contributed by atoms with Crippen LogP contribution in [0.15, 0.2) is 10.5 Å². The monoisotopic (exact) mass is 373 g/mol. The molecule has 1 aromatic heterocycles. The lowest BCUT2D eigenvalue weighted by Crippen LogP contribution is -2.27. The van der Waals surface area contributed by atoms with Crippen molar-refractivity contribution in [2.45, 2.75) is 51.9 Å². The molecule has 1 saturated carbocycles. The van der Waals surface area contributed by atoms with Gasteiger partial charge in [0.1, 0.15) is 0 Å². The van der Waals surface area contributed by atoms with E-state index >= 15 is 0 Å². The molecule has 0 aromatic carbocycles. The molecule has 21 heavy (non-hydrogen) atoms. The third-order valence-electron chi connectivity index (χ3n) is 4.79. The number of nitrogens with one attached hydrogen (secondary N) is 1. The number of halogens is 1. The topological polar surface area (TPSA) is 21.3 Å². The van der Waals surface area contributed by atoms with Crippen molar-refractivity contribution in [2.75, 3.05) is 26.8 Å². The zero-order chi connectivity index (χ0) is 15.1. The fourth-order valence-electron chi connectivity index (χ4n) is 3.43. The van der Waals surface area contributed by atoms with Crippen LogP contribution in [0.25, 0.3) is 0 Å². The van der Waals surface area contributed by atoms with Gasteiger partial charge < -0.3 is 10.1 Å². The average Bonchev–Trinajstić information content (AvgIpc) is 3.05. The summed E-state index contributed by atoms with van der Waals surface area (Å²) < 4.78 is 6.37. The van der Waals surface area contributed by atoms with Crippen LogP contribution >= 0.6 is 27.3 Å². The first-order chi connectivity index (χ1) is 10.2. The van der Waals surface area contributed by atoms with Crippen LogP contribution in [-0.4, -0.2) is 26.8 Å². The van der Waals surface area contributed by atoms with Gasteiger partial charge in [-0.1, -0.05) is 12.8 Å². The van der Waals surface area contributed by atoms with Crippen LogP contribution in [-0.2, 0) is 11.2 Å². The van der Waals surface area contributed by atoms with Crippen LogP contribution in [0.4, 0.5) is 0 Å². The van der Waals surface area contributed by atoms with Gasteiger partial charge in [0.05, 0.1) is 6.61 Å². The maximum atomic E-state index is 5.09. The van der Waals surface area contributed by atoms with Crippen LogP contribution in [0.5, 0.6) is 0 Å². The Labute approximate surface area is 141 Å². The zero-order valence-electron chi connectivity index (χ0n) is 13.3. The molecule has 0 spiro atoms. The molecule has 0 radical (unpaired) electrons. The Bertz CT molecular complexity index is 407. The maximum absolute atomic E-state index is 5.09. The molecule has 120 valence electrons. The van der Waals surface area contributed by atoms with E-state index < -0.39 is 0 Å². The molecule has 0 bridgehead atoms. The molecule has 4 heteroatoms. The summed E-state index contributed by atoms with van der Waals surface area (Å²) in [5, 5.41) is 3.52. The minimum absolute atomic E-state index is 0.588. The van der Waals surface area contributed by atoms with Crippen molar-refractivity contribution in [2.24, 2.45) is 5.41 Å². The standard InChI is InChI=1S/C17H28BrNOS/c1-14-16(18)13-15(21-14)5-8-17(6-3-4-7-17)9-10-19-11-12-20-2/h13,19H,3-12H2,1-2H3. The molecule has 1 aliphatic carbocycles. The fraction of sp³-hybridized carbons (Fsp3) is 0.765. The number of rotatable bonds is 9. The normalized spacial score (nSPS) is 17.5. The van der Waals surface area contributed by atoms with Gasteiger partial charge in [0.15, 0.2) is 0 Å². The van der Waals surface area contributed by atoms with Crippen molar-refractivity contribution in [1.29, 1.82) is 0 Å². The Balaban J connectivity index is 1.80.